The van der Waals surface area contributed by atoms with Gasteiger partial charge in [-0.1, -0.05) is 0 Å². The lowest BCUT2D eigenvalue weighted by molar-refractivity contribution is -0.123. The van der Waals surface area contributed by atoms with Gasteiger partial charge in [0.1, 0.15) is 0 Å². The van der Waals surface area contributed by atoms with Crippen LogP contribution in [0.15, 0.2) is 0 Å². The number of piperidine rings is 1. The maximum atomic E-state index is 13.0. The topological polar surface area (TPSA) is 29.1 Å². The minimum absolute atomic E-state index is 0.0336. The van der Waals surface area contributed by atoms with Gasteiger partial charge in [0.2, 0.25) is 0 Å². The van der Waals surface area contributed by atoms with Gasteiger partial charge in [0.15, 0.2) is 12.0 Å². The molecule has 1 aliphatic rings. The van der Waals surface area contributed by atoms with E-state index in [1.165, 1.54) is 6.92 Å². The fourth-order valence-electron chi connectivity index (χ4n) is 1.47. The van der Waals surface area contributed by atoms with E-state index in [1.807, 2.05) is 0 Å². The lowest BCUT2D eigenvalue weighted by Crippen LogP contribution is -2.35. The molecule has 0 aromatic carbocycles. The molecule has 1 aliphatic heterocycles. The predicted molar refractivity (Wildman–Crippen MR) is 41.2 cm³/mol. The number of hydrogen-bond donors (Lipinski definition) is 1. The molecule has 3 heteroatoms. The van der Waals surface area contributed by atoms with Crippen molar-refractivity contribution in [2.75, 3.05) is 13.1 Å². The fraction of sp³-hybridized carbons (Fsp3) is 0.875. The first-order valence-corrected chi connectivity index (χ1v) is 4.07. The highest BCUT2D eigenvalue weighted by atomic mass is 19.1. The van der Waals surface area contributed by atoms with Gasteiger partial charge in [0.05, 0.1) is 0 Å². The molecule has 0 amide bonds. The molecule has 0 aliphatic carbocycles. The number of Topliss-reactive ketones (excluding diaryl/α,β-unsaturated/α-hetero) is 1. The largest absolute Gasteiger partial charge is 0.317 e. The quantitative estimate of drug-likeness (QED) is 0.649. The van der Waals surface area contributed by atoms with Crippen LogP contribution < -0.4 is 5.32 Å². The normalized spacial score (nSPS) is 23.1. The fourth-order valence-corrected chi connectivity index (χ4v) is 1.47. The van der Waals surface area contributed by atoms with E-state index in [1.54, 1.807) is 0 Å². The Morgan fingerprint density at radius 3 is 2.55 bits per heavy atom. The highest BCUT2D eigenvalue weighted by molar-refractivity contribution is 5.80. The Morgan fingerprint density at radius 2 is 2.09 bits per heavy atom. The van der Waals surface area contributed by atoms with Crippen LogP contribution >= 0.6 is 0 Å². The van der Waals surface area contributed by atoms with Gasteiger partial charge >= 0.3 is 0 Å². The molecule has 0 radical (unpaired) electrons. The van der Waals surface area contributed by atoms with E-state index in [9.17, 15) is 9.18 Å². The van der Waals surface area contributed by atoms with Crippen molar-refractivity contribution in [3.63, 3.8) is 0 Å². The zero-order chi connectivity index (χ0) is 8.27. The van der Waals surface area contributed by atoms with E-state index in [2.05, 4.69) is 5.32 Å². The summed E-state index contributed by atoms with van der Waals surface area (Å²) in [5, 5.41) is 3.13. The predicted octanol–water partition coefficient (Wildman–Crippen LogP) is 0.913. The lowest BCUT2D eigenvalue weighted by Gasteiger charge is -2.23. The second-order valence-corrected chi connectivity index (χ2v) is 3.10. The van der Waals surface area contributed by atoms with Gasteiger partial charge in [0, 0.05) is 0 Å². The molecule has 0 spiro atoms. The maximum absolute atomic E-state index is 13.0. The first kappa shape index (κ1) is 8.65. The van der Waals surface area contributed by atoms with E-state index >= 15 is 0 Å². The van der Waals surface area contributed by atoms with Crippen LogP contribution in [-0.4, -0.2) is 25.0 Å². The Kier molecular flexibility index (Phi) is 3.00. The summed E-state index contributed by atoms with van der Waals surface area (Å²) in [4.78, 5) is 10.6. The third-order valence-electron chi connectivity index (χ3n) is 2.19. The van der Waals surface area contributed by atoms with Crippen molar-refractivity contribution in [3.8, 4) is 0 Å². The molecule has 1 fully saturated rings. The van der Waals surface area contributed by atoms with Crippen LogP contribution in [0.2, 0.25) is 0 Å². The second kappa shape index (κ2) is 3.81. The third-order valence-corrected chi connectivity index (χ3v) is 2.19. The second-order valence-electron chi connectivity index (χ2n) is 3.10. The van der Waals surface area contributed by atoms with Crippen molar-refractivity contribution in [2.45, 2.75) is 25.9 Å². The summed E-state index contributed by atoms with van der Waals surface area (Å²) >= 11 is 0. The monoisotopic (exact) mass is 159 g/mol. The summed E-state index contributed by atoms with van der Waals surface area (Å²) in [6.07, 6.45) is 0.360. The Bertz CT molecular complexity index is 143. The van der Waals surface area contributed by atoms with Crippen LogP contribution in [0, 0.1) is 5.92 Å². The number of rotatable bonds is 2. The zero-order valence-electron chi connectivity index (χ0n) is 6.77. The molecule has 0 aromatic heterocycles. The van der Waals surface area contributed by atoms with E-state index in [0.29, 0.717) is 0 Å². The molecule has 1 saturated heterocycles. The minimum atomic E-state index is -1.22. The van der Waals surface area contributed by atoms with E-state index in [0.717, 1.165) is 25.9 Å². The van der Waals surface area contributed by atoms with Gasteiger partial charge in [0.25, 0.3) is 0 Å². The number of carbonyl (C=O) groups excluding carboxylic acids is 1. The Morgan fingerprint density at radius 1 is 1.55 bits per heavy atom. The van der Waals surface area contributed by atoms with Crippen LogP contribution in [0.5, 0.6) is 0 Å². The molecule has 2 nitrogen and oxygen atoms in total. The molecule has 0 aromatic rings. The van der Waals surface area contributed by atoms with Crippen LogP contribution in [-0.2, 0) is 4.79 Å². The number of hydrogen-bond acceptors (Lipinski definition) is 2. The lowest BCUT2D eigenvalue weighted by atomic mass is 9.91. The maximum Gasteiger partial charge on any atom is 0.164 e. The van der Waals surface area contributed by atoms with Crippen LogP contribution in [0.25, 0.3) is 0 Å². The van der Waals surface area contributed by atoms with Crippen LogP contribution in [0.4, 0.5) is 4.39 Å². The highest BCUT2D eigenvalue weighted by Gasteiger charge is 2.26. The summed E-state index contributed by atoms with van der Waals surface area (Å²) in [6, 6.07) is 0. The first-order chi connectivity index (χ1) is 5.22. The molecule has 1 heterocycles. The number of ketones is 1. The number of alkyl halides is 1. The number of nitrogens with one attached hydrogen (secondary N) is 1. The van der Waals surface area contributed by atoms with Gasteiger partial charge in [-0.15, -0.1) is 0 Å². The SMILES string of the molecule is CC(=O)C(F)C1CCNCC1. The molecule has 11 heavy (non-hydrogen) atoms. The van der Waals surface area contributed by atoms with Gasteiger partial charge < -0.3 is 5.32 Å². The van der Waals surface area contributed by atoms with Crippen molar-refractivity contribution in [2.24, 2.45) is 5.92 Å². The van der Waals surface area contributed by atoms with Crippen molar-refractivity contribution in [1.29, 1.82) is 0 Å². The van der Waals surface area contributed by atoms with Crippen molar-refractivity contribution >= 4 is 5.78 Å². The number of carbonyl (C=O) groups is 1. The van der Waals surface area contributed by atoms with Gasteiger partial charge in [-0.3, -0.25) is 4.79 Å². The molecular weight excluding hydrogens is 145 g/mol. The molecule has 1 rings (SSSR count). The minimum Gasteiger partial charge on any atom is -0.317 e. The molecule has 0 bridgehead atoms. The Hall–Kier alpha value is -0.440. The van der Waals surface area contributed by atoms with Crippen molar-refractivity contribution in [3.05, 3.63) is 0 Å². The van der Waals surface area contributed by atoms with E-state index in [-0.39, 0.29) is 11.7 Å². The first-order valence-electron chi connectivity index (χ1n) is 4.07. The Balaban J connectivity index is 2.38. The highest BCUT2D eigenvalue weighted by Crippen LogP contribution is 2.19. The average molecular weight is 159 g/mol. The summed E-state index contributed by atoms with van der Waals surface area (Å²) < 4.78 is 13.0. The summed E-state index contributed by atoms with van der Waals surface area (Å²) in [6.45, 7) is 3.02. The van der Waals surface area contributed by atoms with Crippen LogP contribution in [0.3, 0.4) is 0 Å². The summed E-state index contributed by atoms with van der Waals surface area (Å²) in [5.74, 6) is -0.356. The van der Waals surface area contributed by atoms with Crippen molar-refractivity contribution < 1.29 is 9.18 Å². The summed E-state index contributed by atoms with van der Waals surface area (Å²) in [7, 11) is 0. The smallest absolute Gasteiger partial charge is 0.164 e. The average Bonchev–Trinajstić information content (AvgIpc) is 2.05. The van der Waals surface area contributed by atoms with E-state index < -0.39 is 6.17 Å². The van der Waals surface area contributed by atoms with Crippen molar-refractivity contribution in [1.82, 2.24) is 5.32 Å². The molecular formula is C8H14FNO. The molecule has 64 valence electrons. The van der Waals surface area contributed by atoms with E-state index in [4.69, 9.17) is 0 Å². The van der Waals surface area contributed by atoms with Crippen LogP contribution in [0.1, 0.15) is 19.8 Å². The number of halogens is 1. The molecule has 1 N–H and O–H groups in total. The Labute approximate surface area is 66.2 Å². The van der Waals surface area contributed by atoms with Gasteiger partial charge in [-0.05, 0) is 38.8 Å². The third kappa shape index (κ3) is 2.26. The zero-order valence-corrected chi connectivity index (χ0v) is 6.77. The molecule has 1 atom stereocenters. The summed E-state index contributed by atoms with van der Waals surface area (Å²) in [5.41, 5.74) is 0. The van der Waals surface area contributed by atoms with Gasteiger partial charge in [-0.2, -0.15) is 0 Å². The van der Waals surface area contributed by atoms with Gasteiger partial charge in [-0.25, -0.2) is 4.39 Å². The molecule has 1 unspecified atom stereocenters. The molecule has 0 saturated carbocycles. The standard InChI is InChI=1S/C8H14FNO/c1-6(11)8(9)7-2-4-10-5-3-7/h7-8,10H,2-5H2,1H3.